The number of morpholine rings is 1. The maximum atomic E-state index is 13.3. The molecule has 25 heavy (non-hydrogen) atoms. The van der Waals surface area contributed by atoms with E-state index in [0.29, 0.717) is 26.2 Å². The second kappa shape index (κ2) is 5.61. The van der Waals surface area contributed by atoms with Gasteiger partial charge in [-0.05, 0) is 28.8 Å². The summed E-state index contributed by atoms with van der Waals surface area (Å²) in [6.07, 6.45) is 0.617. The van der Waals surface area contributed by atoms with Crippen LogP contribution >= 0.6 is 0 Å². The lowest BCUT2D eigenvalue weighted by atomic mass is 9.85. The van der Waals surface area contributed by atoms with Gasteiger partial charge in [0.25, 0.3) is 0 Å². The molecule has 2 saturated heterocycles. The predicted molar refractivity (Wildman–Crippen MR) is 89.3 cm³/mol. The van der Waals surface area contributed by atoms with E-state index < -0.39 is 11.4 Å². The number of fused-ring (bicyclic) bond motifs is 2. The second-order valence-corrected chi connectivity index (χ2v) is 7.00. The highest BCUT2D eigenvalue weighted by molar-refractivity contribution is 5.37. The zero-order valence-electron chi connectivity index (χ0n) is 13.8. The minimum atomic E-state index is -0.798. The molecule has 0 radical (unpaired) electrons. The van der Waals surface area contributed by atoms with Gasteiger partial charge >= 0.3 is 0 Å². The summed E-state index contributed by atoms with van der Waals surface area (Å²) in [5, 5.41) is 3.49. The standard InChI is InChI=1S/C20H20FNO3/c21-16-7-5-14(6-8-16)18-20(23-10-9-22-18)12-19(13-25-20)17-4-2-1-3-15(17)11-24-19/h1-8,18,22H,9-13H2/t18?,19-,20-/m1/s1. The minimum Gasteiger partial charge on any atom is -0.363 e. The molecule has 4 nitrogen and oxygen atoms in total. The molecule has 3 heterocycles. The van der Waals surface area contributed by atoms with Crippen molar-refractivity contribution in [1.29, 1.82) is 0 Å². The van der Waals surface area contributed by atoms with Gasteiger partial charge in [0.2, 0.25) is 0 Å². The van der Waals surface area contributed by atoms with Crippen molar-refractivity contribution >= 4 is 0 Å². The molecule has 0 saturated carbocycles. The number of hydrogen-bond donors (Lipinski definition) is 1. The Bertz CT molecular complexity index is 796. The summed E-state index contributed by atoms with van der Waals surface area (Å²) in [7, 11) is 0. The number of benzene rings is 2. The molecule has 2 fully saturated rings. The van der Waals surface area contributed by atoms with E-state index in [1.54, 1.807) is 12.1 Å². The molecule has 1 N–H and O–H groups in total. The summed E-state index contributed by atoms with van der Waals surface area (Å²) < 4.78 is 32.0. The van der Waals surface area contributed by atoms with Crippen molar-refractivity contribution in [3.63, 3.8) is 0 Å². The van der Waals surface area contributed by atoms with Gasteiger partial charge in [0.1, 0.15) is 11.4 Å². The van der Waals surface area contributed by atoms with Gasteiger partial charge < -0.3 is 19.5 Å². The third-order valence-electron chi connectivity index (χ3n) is 5.53. The van der Waals surface area contributed by atoms with Crippen LogP contribution in [0.5, 0.6) is 0 Å². The predicted octanol–water partition coefficient (Wildman–Crippen LogP) is 3.03. The Kier molecular flexibility index (Phi) is 3.47. The summed E-state index contributed by atoms with van der Waals surface area (Å²) in [5.41, 5.74) is 2.90. The number of ether oxygens (including phenoxy) is 3. The molecule has 3 atom stereocenters. The molecular formula is C20H20FNO3. The largest absolute Gasteiger partial charge is 0.363 e. The Morgan fingerprint density at radius 3 is 2.72 bits per heavy atom. The van der Waals surface area contributed by atoms with Crippen LogP contribution in [0.3, 0.4) is 0 Å². The Morgan fingerprint density at radius 2 is 1.84 bits per heavy atom. The van der Waals surface area contributed by atoms with Gasteiger partial charge in [0, 0.05) is 13.0 Å². The van der Waals surface area contributed by atoms with Crippen molar-refractivity contribution < 1.29 is 18.6 Å². The smallest absolute Gasteiger partial charge is 0.191 e. The number of halogens is 1. The molecular weight excluding hydrogens is 321 g/mol. The Labute approximate surface area is 145 Å². The summed E-state index contributed by atoms with van der Waals surface area (Å²) in [6.45, 7) is 2.38. The fraction of sp³-hybridized carbons (Fsp3) is 0.400. The van der Waals surface area contributed by atoms with E-state index in [-0.39, 0.29) is 11.9 Å². The zero-order valence-corrected chi connectivity index (χ0v) is 13.8. The number of rotatable bonds is 1. The molecule has 2 aromatic rings. The first kappa shape index (κ1) is 15.5. The van der Waals surface area contributed by atoms with Crippen LogP contribution in [0.15, 0.2) is 48.5 Å². The van der Waals surface area contributed by atoms with Gasteiger partial charge in [0.05, 0.1) is 25.9 Å². The van der Waals surface area contributed by atoms with Crippen LogP contribution < -0.4 is 5.32 Å². The third kappa shape index (κ3) is 2.34. The van der Waals surface area contributed by atoms with E-state index >= 15 is 0 Å². The Hall–Kier alpha value is -1.79. The van der Waals surface area contributed by atoms with Gasteiger partial charge in [-0.15, -0.1) is 0 Å². The summed E-state index contributed by atoms with van der Waals surface area (Å²) in [6, 6.07) is 14.7. The fourth-order valence-electron chi connectivity index (χ4n) is 4.36. The molecule has 1 unspecified atom stereocenters. The second-order valence-electron chi connectivity index (χ2n) is 7.00. The van der Waals surface area contributed by atoms with Crippen molar-refractivity contribution in [2.75, 3.05) is 19.8 Å². The van der Waals surface area contributed by atoms with Crippen LogP contribution in [0, 0.1) is 5.82 Å². The molecule has 5 rings (SSSR count). The van der Waals surface area contributed by atoms with E-state index in [2.05, 4.69) is 17.4 Å². The third-order valence-corrected chi connectivity index (χ3v) is 5.53. The Morgan fingerprint density at radius 1 is 1.00 bits per heavy atom. The van der Waals surface area contributed by atoms with Gasteiger partial charge in [-0.25, -0.2) is 4.39 Å². The van der Waals surface area contributed by atoms with E-state index in [1.807, 2.05) is 12.1 Å². The van der Waals surface area contributed by atoms with Gasteiger partial charge in [0.15, 0.2) is 5.79 Å². The van der Waals surface area contributed by atoms with Crippen LogP contribution in [0.1, 0.15) is 29.2 Å². The molecule has 3 aliphatic heterocycles. The highest BCUT2D eigenvalue weighted by atomic mass is 19.1. The average Bonchev–Trinajstić information content (AvgIpc) is 3.19. The molecule has 0 amide bonds. The summed E-state index contributed by atoms with van der Waals surface area (Å²) >= 11 is 0. The molecule has 2 spiro atoms. The zero-order chi connectivity index (χ0) is 16.9. The normalized spacial score (nSPS) is 33.9. The average molecular weight is 341 g/mol. The highest BCUT2D eigenvalue weighted by Gasteiger charge is 2.59. The van der Waals surface area contributed by atoms with Crippen molar-refractivity contribution in [3.8, 4) is 0 Å². The van der Waals surface area contributed by atoms with Crippen LogP contribution in [0.2, 0.25) is 0 Å². The van der Waals surface area contributed by atoms with E-state index in [0.717, 1.165) is 12.1 Å². The molecule has 0 bridgehead atoms. The quantitative estimate of drug-likeness (QED) is 0.865. The van der Waals surface area contributed by atoms with Crippen LogP contribution in [0.25, 0.3) is 0 Å². The van der Waals surface area contributed by atoms with Crippen LogP contribution in [-0.4, -0.2) is 25.5 Å². The van der Waals surface area contributed by atoms with Crippen molar-refractivity contribution in [2.24, 2.45) is 0 Å². The van der Waals surface area contributed by atoms with Gasteiger partial charge in [-0.2, -0.15) is 0 Å². The van der Waals surface area contributed by atoms with Crippen molar-refractivity contribution in [3.05, 3.63) is 71.0 Å². The van der Waals surface area contributed by atoms with E-state index in [9.17, 15) is 4.39 Å². The lowest BCUT2D eigenvalue weighted by Crippen LogP contribution is -2.52. The topological polar surface area (TPSA) is 39.7 Å². The van der Waals surface area contributed by atoms with Crippen molar-refractivity contribution in [1.82, 2.24) is 5.32 Å². The maximum Gasteiger partial charge on any atom is 0.191 e. The molecule has 2 aromatic carbocycles. The van der Waals surface area contributed by atoms with Crippen LogP contribution in [0.4, 0.5) is 4.39 Å². The molecule has 5 heteroatoms. The molecule has 3 aliphatic rings. The lowest BCUT2D eigenvalue weighted by Gasteiger charge is -2.41. The van der Waals surface area contributed by atoms with Gasteiger partial charge in [-0.3, -0.25) is 0 Å². The van der Waals surface area contributed by atoms with Crippen LogP contribution in [-0.2, 0) is 26.4 Å². The molecule has 0 aromatic heterocycles. The minimum absolute atomic E-state index is 0.155. The van der Waals surface area contributed by atoms with Crippen molar-refractivity contribution in [2.45, 2.75) is 30.5 Å². The molecule has 0 aliphatic carbocycles. The first-order valence-corrected chi connectivity index (χ1v) is 8.70. The fourth-order valence-corrected chi connectivity index (χ4v) is 4.36. The SMILES string of the molecule is Fc1ccc(C2NCCO[C@@]23C[C@]2(CO3)OCc3ccccc32)cc1. The highest BCUT2D eigenvalue weighted by Crippen LogP contribution is 2.52. The Balaban J connectivity index is 1.51. The van der Waals surface area contributed by atoms with E-state index in [4.69, 9.17) is 14.2 Å². The summed E-state index contributed by atoms with van der Waals surface area (Å²) in [5.74, 6) is -1.04. The van der Waals surface area contributed by atoms with E-state index in [1.165, 1.54) is 23.3 Å². The first-order chi connectivity index (χ1) is 12.2. The lowest BCUT2D eigenvalue weighted by molar-refractivity contribution is -0.245. The maximum absolute atomic E-state index is 13.3. The number of nitrogens with one attached hydrogen (secondary N) is 1. The number of hydrogen-bond acceptors (Lipinski definition) is 4. The van der Waals surface area contributed by atoms with Gasteiger partial charge in [-0.1, -0.05) is 36.4 Å². The molecule has 130 valence electrons. The summed E-state index contributed by atoms with van der Waals surface area (Å²) in [4.78, 5) is 0. The monoisotopic (exact) mass is 341 g/mol. The first-order valence-electron chi connectivity index (χ1n) is 8.70.